The predicted molar refractivity (Wildman–Crippen MR) is 231 cm³/mol. The Kier molecular flexibility index (Phi) is 6.07. The molecule has 0 atom stereocenters. The minimum atomic E-state index is -0.428. The summed E-state index contributed by atoms with van der Waals surface area (Å²) < 4.78 is 8.62. The van der Waals surface area contributed by atoms with Crippen molar-refractivity contribution in [3.63, 3.8) is 0 Å². The van der Waals surface area contributed by atoms with Gasteiger partial charge in [-0.3, -0.25) is 4.57 Å². The SMILES string of the molecule is c1ccc(-c2cc(-c3ccc4c(c3)oc3ccccc34)nc(-n3c4ccccc4c4c5c(ccc43)C3(c4ccccc4-c4ccccc43)c3ccccc3-5)n2)cc1. The third kappa shape index (κ3) is 4.01. The highest BCUT2D eigenvalue weighted by Gasteiger charge is 2.52. The monoisotopic (exact) mass is 725 g/mol. The summed E-state index contributed by atoms with van der Waals surface area (Å²) >= 11 is 0. The second kappa shape index (κ2) is 11.2. The molecule has 8 aromatic carbocycles. The van der Waals surface area contributed by atoms with Crippen LogP contribution in [0.15, 0.2) is 192 Å². The number of aromatic nitrogens is 3. The van der Waals surface area contributed by atoms with Crippen molar-refractivity contribution in [1.29, 1.82) is 0 Å². The summed E-state index contributed by atoms with van der Waals surface area (Å²) in [6, 6.07) is 67.5. The Morgan fingerprint density at radius 2 is 1.00 bits per heavy atom. The van der Waals surface area contributed by atoms with Crippen molar-refractivity contribution in [2.24, 2.45) is 0 Å². The lowest BCUT2D eigenvalue weighted by molar-refractivity contribution is 0.669. The van der Waals surface area contributed by atoms with Gasteiger partial charge in [-0.05, 0) is 80.9 Å². The third-order valence-corrected chi connectivity index (χ3v) is 12.5. The van der Waals surface area contributed by atoms with Crippen molar-refractivity contribution in [2.45, 2.75) is 5.41 Å². The summed E-state index contributed by atoms with van der Waals surface area (Å²) in [5, 5.41) is 4.59. The number of benzene rings is 8. The first kappa shape index (κ1) is 30.7. The molecule has 0 N–H and O–H groups in total. The fourth-order valence-electron chi connectivity index (χ4n) is 10.2. The molecule has 4 nitrogen and oxygen atoms in total. The van der Waals surface area contributed by atoms with E-state index in [1.807, 2.05) is 18.2 Å². The zero-order chi connectivity index (χ0) is 37.2. The average Bonchev–Trinajstić information content (AvgIpc) is 4.00. The average molecular weight is 726 g/mol. The van der Waals surface area contributed by atoms with E-state index in [-0.39, 0.29) is 0 Å². The van der Waals surface area contributed by atoms with Gasteiger partial charge < -0.3 is 4.42 Å². The topological polar surface area (TPSA) is 43.9 Å². The molecule has 0 aliphatic heterocycles. The van der Waals surface area contributed by atoms with E-state index >= 15 is 0 Å². The first-order chi connectivity index (χ1) is 28.3. The molecule has 3 aromatic heterocycles. The Hall–Kier alpha value is -7.56. The van der Waals surface area contributed by atoms with Gasteiger partial charge in [-0.15, -0.1) is 0 Å². The van der Waals surface area contributed by atoms with Crippen LogP contribution in [0.2, 0.25) is 0 Å². The second-order valence-corrected chi connectivity index (χ2v) is 15.2. The fourth-order valence-corrected chi connectivity index (χ4v) is 10.2. The quantitative estimate of drug-likeness (QED) is 0.182. The summed E-state index contributed by atoms with van der Waals surface area (Å²) in [7, 11) is 0. The summed E-state index contributed by atoms with van der Waals surface area (Å²) in [5.41, 5.74) is 17.6. The number of fused-ring (bicyclic) bond motifs is 17. The van der Waals surface area contributed by atoms with E-state index in [4.69, 9.17) is 14.4 Å². The van der Waals surface area contributed by atoms with Gasteiger partial charge in [-0.25, -0.2) is 9.97 Å². The molecule has 0 saturated heterocycles. The summed E-state index contributed by atoms with van der Waals surface area (Å²) in [5.74, 6) is 0.625. The minimum Gasteiger partial charge on any atom is -0.456 e. The molecule has 0 saturated carbocycles. The van der Waals surface area contributed by atoms with E-state index in [9.17, 15) is 0 Å². The van der Waals surface area contributed by atoms with Crippen LogP contribution in [0, 0.1) is 0 Å². The summed E-state index contributed by atoms with van der Waals surface area (Å²) in [4.78, 5) is 10.8. The number of hydrogen-bond donors (Lipinski definition) is 0. The van der Waals surface area contributed by atoms with Crippen LogP contribution in [0.1, 0.15) is 22.3 Å². The third-order valence-electron chi connectivity index (χ3n) is 12.5. The number of nitrogens with zero attached hydrogens (tertiary/aromatic N) is 3. The molecule has 2 aliphatic rings. The van der Waals surface area contributed by atoms with Crippen LogP contribution >= 0.6 is 0 Å². The smallest absolute Gasteiger partial charge is 0.235 e. The molecule has 57 heavy (non-hydrogen) atoms. The lowest BCUT2D eigenvalue weighted by Crippen LogP contribution is -2.25. The normalized spacial score (nSPS) is 13.4. The Morgan fingerprint density at radius 1 is 0.404 bits per heavy atom. The molecule has 0 fully saturated rings. The molecule has 3 heterocycles. The van der Waals surface area contributed by atoms with E-state index in [1.54, 1.807) is 0 Å². The zero-order valence-corrected chi connectivity index (χ0v) is 30.6. The van der Waals surface area contributed by atoms with Gasteiger partial charge in [0.2, 0.25) is 5.95 Å². The standard InChI is InChI=1S/C53H31N3O/c1-2-14-32(15-3-1)44-31-45(33-26-27-37-36-18-8-13-25-48(36)57-49(37)30-33)55-52(54-44)56-46-24-12-7-20-39(46)51-47(56)29-28-43-50(51)38-19-6-11-23-42(38)53(43)40-21-9-4-16-34(40)35-17-5-10-22-41(35)53/h1-31H. The van der Waals surface area contributed by atoms with Crippen molar-refractivity contribution in [3.05, 3.63) is 210 Å². The first-order valence-electron chi connectivity index (χ1n) is 19.5. The van der Waals surface area contributed by atoms with Crippen LogP contribution < -0.4 is 0 Å². The number of hydrogen-bond acceptors (Lipinski definition) is 3. The Balaban J connectivity index is 1.11. The molecule has 13 rings (SSSR count). The number of rotatable bonds is 3. The van der Waals surface area contributed by atoms with Crippen LogP contribution in [-0.4, -0.2) is 14.5 Å². The van der Waals surface area contributed by atoms with Crippen LogP contribution in [0.3, 0.4) is 0 Å². The van der Waals surface area contributed by atoms with Gasteiger partial charge >= 0.3 is 0 Å². The molecular weight excluding hydrogens is 695 g/mol. The molecular formula is C53H31N3O. The van der Waals surface area contributed by atoms with Gasteiger partial charge in [0.05, 0.1) is 27.8 Å². The molecule has 4 heteroatoms. The Bertz CT molecular complexity index is 3440. The van der Waals surface area contributed by atoms with Gasteiger partial charge in [-0.2, -0.15) is 0 Å². The second-order valence-electron chi connectivity index (χ2n) is 15.2. The molecule has 0 unspecified atom stereocenters. The van der Waals surface area contributed by atoms with Gasteiger partial charge in [0.25, 0.3) is 0 Å². The van der Waals surface area contributed by atoms with E-state index < -0.39 is 5.41 Å². The molecule has 1 spiro atoms. The molecule has 0 bridgehead atoms. The largest absolute Gasteiger partial charge is 0.456 e. The highest BCUT2D eigenvalue weighted by Crippen LogP contribution is 2.64. The van der Waals surface area contributed by atoms with E-state index in [1.165, 1.54) is 55.3 Å². The molecule has 264 valence electrons. The molecule has 0 amide bonds. The van der Waals surface area contributed by atoms with E-state index in [0.29, 0.717) is 5.95 Å². The van der Waals surface area contributed by atoms with Crippen LogP contribution in [-0.2, 0) is 5.41 Å². The van der Waals surface area contributed by atoms with Crippen LogP contribution in [0.5, 0.6) is 0 Å². The summed E-state index contributed by atoms with van der Waals surface area (Å²) in [6.45, 7) is 0. The van der Waals surface area contributed by atoms with E-state index in [0.717, 1.165) is 55.5 Å². The van der Waals surface area contributed by atoms with Crippen molar-refractivity contribution in [2.75, 3.05) is 0 Å². The van der Waals surface area contributed by atoms with Crippen molar-refractivity contribution in [1.82, 2.24) is 14.5 Å². The lowest BCUT2D eigenvalue weighted by Gasteiger charge is -2.30. The van der Waals surface area contributed by atoms with Gasteiger partial charge in [0.1, 0.15) is 11.2 Å². The highest BCUT2D eigenvalue weighted by atomic mass is 16.3. The Morgan fingerprint density at radius 3 is 1.77 bits per heavy atom. The minimum absolute atomic E-state index is 0.428. The van der Waals surface area contributed by atoms with Crippen molar-refractivity contribution >= 4 is 43.7 Å². The zero-order valence-electron chi connectivity index (χ0n) is 30.6. The van der Waals surface area contributed by atoms with Crippen molar-refractivity contribution < 1.29 is 4.42 Å². The lowest BCUT2D eigenvalue weighted by atomic mass is 9.70. The van der Waals surface area contributed by atoms with E-state index in [2.05, 4.69) is 174 Å². The van der Waals surface area contributed by atoms with Crippen LogP contribution in [0.25, 0.3) is 94.5 Å². The maximum Gasteiger partial charge on any atom is 0.235 e. The highest BCUT2D eigenvalue weighted by molar-refractivity contribution is 6.18. The number of furan rings is 1. The van der Waals surface area contributed by atoms with Gasteiger partial charge in [0.15, 0.2) is 0 Å². The number of para-hydroxylation sites is 2. The molecule has 0 radical (unpaired) electrons. The van der Waals surface area contributed by atoms with Crippen LogP contribution in [0.4, 0.5) is 0 Å². The van der Waals surface area contributed by atoms with Crippen molar-refractivity contribution in [3.8, 4) is 50.7 Å². The fraction of sp³-hybridized carbons (Fsp3) is 0.0189. The maximum absolute atomic E-state index is 6.35. The molecule has 2 aliphatic carbocycles. The predicted octanol–water partition coefficient (Wildman–Crippen LogP) is 13.2. The summed E-state index contributed by atoms with van der Waals surface area (Å²) in [6.07, 6.45) is 0. The maximum atomic E-state index is 6.35. The van der Waals surface area contributed by atoms with Gasteiger partial charge in [0, 0.05) is 32.7 Å². The first-order valence-corrected chi connectivity index (χ1v) is 19.5. The van der Waals surface area contributed by atoms with Gasteiger partial charge in [-0.1, -0.05) is 152 Å². The Labute approximate surface area is 328 Å². The molecule has 11 aromatic rings.